The quantitative estimate of drug-likeness (QED) is 0.597. The van der Waals surface area contributed by atoms with Gasteiger partial charge >= 0.3 is 0 Å². The minimum absolute atomic E-state index is 0.0297. The van der Waals surface area contributed by atoms with Crippen molar-refractivity contribution in [3.8, 4) is 11.3 Å². The van der Waals surface area contributed by atoms with E-state index in [0.717, 1.165) is 16.8 Å². The summed E-state index contributed by atoms with van der Waals surface area (Å²) in [7, 11) is 0. The summed E-state index contributed by atoms with van der Waals surface area (Å²) < 4.78 is 0. The first kappa shape index (κ1) is 17.6. The average molecular weight is 393 g/mol. The molecular weight excluding hydrogens is 376 g/mol. The maximum atomic E-state index is 12.7. The van der Waals surface area contributed by atoms with Crippen LogP contribution in [0.25, 0.3) is 17.3 Å². The van der Waals surface area contributed by atoms with Crippen LogP contribution in [0.4, 0.5) is 5.13 Å². The van der Waals surface area contributed by atoms with E-state index in [0.29, 0.717) is 21.7 Å². The molecule has 1 amide bonds. The minimum atomic E-state index is -0.0297. The zero-order valence-corrected chi connectivity index (χ0v) is 16.2. The Morgan fingerprint density at radius 3 is 2.67 bits per heavy atom. The van der Waals surface area contributed by atoms with E-state index in [2.05, 4.69) is 15.0 Å². The third-order valence-corrected chi connectivity index (χ3v) is 5.70. The molecule has 1 aromatic carbocycles. The first-order valence-electron chi connectivity index (χ1n) is 8.45. The van der Waals surface area contributed by atoms with Gasteiger partial charge < -0.3 is 0 Å². The van der Waals surface area contributed by atoms with E-state index < -0.39 is 0 Å². The molecule has 0 spiro atoms. The molecule has 0 bridgehead atoms. The molecule has 0 aliphatic carbocycles. The smallest absolute Gasteiger partial charge is 0.266 e. The summed E-state index contributed by atoms with van der Waals surface area (Å²) in [5.41, 5.74) is 2.89. The molecule has 1 aliphatic rings. The van der Waals surface area contributed by atoms with Crippen molar-refractivity contribution < 1.29 is 4.79 Å². The van der Waals surface area contributed by atoms with Gasteiger partial charge in [0.2, 0.25) is 5.13 Å². The number of carbonyl (C=O) groups is 1. The number of pyridine rings is 1. The summed E-state index contributed by atoms with van der Waals surface area (Å²) >= 11 is 2.85. The summed E-state index contributed by atoms with van der Waals surface area (Å²) in [6, 6.07) is 13.7. The van der Waals surface area contributed by atoms with Crippen molar-refractivity contribution in [1.82, 2.24) is 14.9 Å². The van der Waals surface area contributed by atoms with Crippen LogP contribution in [0, 0.1) is 0 Å². The van der Waals surface area contributed by atoms with Crippen LogP contribution in [0.1, 0.15) is 12.5 Å². The molecule has 1 fully saturated rings. The molecule has 4 rings (SSSR count). The maximum absolute atomic E-state index is 12.7. The van der Waals surface area contributed by atoms with Crippen LogP contribution in [0.2, 0.25) is 0 Å². The minimum Gasteiger partial charge on any atom is -0.287 e. The Morgan fingerprint density at radius 2 is 1.93 bits per heavy atom. The number of aromatic nitrogens is 2. The lowest BCUT2D eigenvalue weighted by Crippen LogP contribution is -2.28. The van der Waals surface area contributed by atoms with Crippen molar-refractivity contribution >= 4 is 45.4 Å². The van der Waals surface area contributed by atoms with Gasteiger partial charge in [0.05, 0.1) is 10.6 Å². The first-order valence-corrected chi connectivity index (χ1v) is 10.2. The Balaban J connectivity index is 1.62. The highest BCUT2D eigenvalue weighted by atomic mass is 32.2. The molecule has 1 saturated heterocycles. The molecule has 0 saturated carbocycles. The topological polar surface area (TPSA) is 58.5 Å². The van der Waals surface area contributed by atoms with Crippen LogP contribution >= 0.6 is 23.1 Å². The Labute approximate surface area is 165 Å². The van der Waals surface area contributed by atoms with Crippen LogP contribution in [-0.4, -0.2) is 32.5 Å². The molecule has 3 heterocycles. The average Bonchev–Trinajstić information content (AvgIpc) is 3.28. The molecule has 3 aromatic rings. The number of aliphatic imine (C=N–C) groups is 1. The number of thiazole rings is 1. The zero-order chi connectivity index (χ0) is 18.6. The summed E-state index contributed by atoms with van der Waals surface area (Å²) in [6.07, 6.45) is 5.30. The Hall–Kier alpha value is -2.77. The van der Waals surface area contributed by atoms with Crippen molar-refractivity contribution in [3.05, 3.63) is 70.7 Å². The molecule has 5 nitrogen and oxygen atoms in total. The van der Waals surface area contributed by atoms with Crippen LogP contribution in [0.5, 0.6) is 0 Å². The number of amides is 1. The molecule has 0 unspecified atom stereocenters. The van der Waals surface area contributed by atoms with Gasteiger partial charge in [0.15, 0.2) is 5.17 Å². The number of carbonyl (C=O) groups excluding carboxylic acids is 1. The van der Waals surface area contributed by atoms with Crippen LogP contribution in [0.3, 0.4) is 0 Å². The summed E-state index contributed by atoms with van der Waals surface area (Å²) in [6.45, 7) is 2.51. The lowest BCUT2D eigenvalue weighted by Gasteiger charge is -2.11. The highest BCUT2D eigenvalue weighted by Gasteiger charge is 2.32. The molecule has 2 aromatic heterocycles. The Kier molecular flexibility index (Phi) is 5.13. The first-order chi connectivity index (χ1) is 13.2. The number of benzene rings is 1. The number of amidine groups is 1. The fourth-order valence-corrected chi connectivity index (χ4v) is 4.42. The highest BCUT2D eigenvalue weighted by Crippen LogP contribution is 2.35. The fraction of sp³-hybridized carbons (Fsp3) is 0.100. The maximum Gasteiger partial charge on any atom is 0.266 e. The van der Waals surface area contributed by atoms with Crippen LogP contribution < -0.4 is 0 Å². The summed E-state index contributed by atoms with van der Waals surface area (Å²) in [5.74, 6) is -0.0297. The van der Waals surface area contributed by atoms with Crippen LogP contribution in [0.15, 0.2) is 70.1 Å². The molecule has 0 N–H and O–H groups in total. The van der Waals surface area contributed by atoms with E-state index in [1.807, 2.05) is 60.8 Å². The van der Waals surface area contributed by atoms with Gasteiger partial charge in [-0.15, -0.1) is 11.3 Å². The molecular formula is C20H16N4OS2. The largest absolute Gasteiger partial charge is 0.287 e. The molecule has 134 valence electrons. The van der Waals surface area contributed by atoms with E-state index in [-0.39, 0.29) is 5.91 Å². The van der Waals surface area contributed by atoms with Gasteiger partial charge in [-0.25, -0.2) is 4.98 Å². The standard InChI is InChI=1S/C20H16N4OS2/c1-2-24-18(25)17(12-14-8-10-21-11-9-14)27-20(24)23-19-22-16(13-26-19)15-6-4-3-5-7-15/h3-13H,2H2,1H3/b17-12-,23-20+. The van der Waals surface area contributed by atoms with Crippen molar-refractivity contribution in [3.63, 3.8) is 0 Å². The number of likely N-dealkylation sites (N-methyl/N-ethyl adjacent to an activating group) is 1. The second-order valence-corrected chi connectivity index (χ2v) is 7.56. The molecule has 7 heteroatoms. The SMILES string of the molecule is CCN1C(=O)/C(=C/c2ccncc2)S/C1=N/c1nc(-c2ccccc2)cs1. The van der Waals surface area contributed by atoms with E-state index in [9.17, 15) is 4.79 Å². The zero-order valence-electron chi connectivity index (χ0n) is 14.6. The Morgan fingerprint density at radius 1 is 1.15 bits per heavy atom. The molecule has 27 heavy (non-hydrogen) atoms. The van der Waals surface area contributed by atoms with Gasteiger partial charge in [0.25, 0.3) is 5.91 Å². The van der Waals surface area contributed by atoms with Crippen molar-refractivity contribution in [1.29, 1.82) is 0 Å². The second kappa shape index (κ2) is 7.85. The van der Waals surface area contributed by atoms with Crippen molar-refractivity contribution in [2.75, 3.05) is 6.54 Å². The lowest BCUT2D eigenvalue weighted by atomic mass is 10.2. The molecule has 1 aliphatic heterocycles. The normalized spacial score (nSPS) is 17.2. The van der Waals surface area contributed by atoms with Crippen molar-refractivity contribution in [2.45, 2.75) is 6.92 Å². The van der Waals surface area contributed by atoms with Gasteiger partial charge in [-0.2, -0.15) is 4.99 Å². The van der Waals surface area contributed by atoms with E-state index in [1.165, 1.54) is 23.1 Å². The Bertz CT molecular complexity index is 1010. The predicted octanol–water partition coefficient (Wildman–Crippen LogP) is 4.83. The van der Waals surface area contributed by atoms with Gasteiger partial charge in [-0.1, -0.05) is 30.3 Å². The van der Waals surface area contributed by atoms with Crippen molar-refractivity contribution in [2.24, 2.45) is 4.99 Å². The van der Waals surface area contributed by atoms with Gasteiger partial charge in [-0.05, 0) is 42.5 Å². The monoisotopic (exact) mass is 392 g/mol. The van der Waals surface area contributed by atoms with E-state index >= 15 is 0 Å². The third kappa shape index (κ3) is 3.84. The number of hydrogen-bond donors (Lipinski definition) is 0. The second-order valence-electron chi connectivity index (χ2n) is 5.72. The van der Waals surface area contributed by atoms with Gasteiger partial charge in [0.1, 0.15) is 0 Å². The van der Waals surface area contributed by atoms with E-state index in [1.54, 1.807) is 17.3 Å². The van der Waals surface area contributed by atoms with Gasteiger partial charge in [-0.3, -0.25) is 14.7 Å². The third-order valence-electron chi connectivity index (χ3n) is 3.96. The molecule has 0 radical (unpaired) electrons. The number of nitrogens with zero attached hydrogens (tertiary/aromatic N) is 4. The number of thioether (sulfide) groups is 1. The summed E-state index contributed by atoms with van der Waals surface area (Å²) in [5, 5.41) is 3.30. The highest BCUT2D eigenvalue weighted by molar-refractivity contribution is 8.18. The fourth-order valence-electron chi connectivity index (χ4n) is 2.62. The number of rotatable bonds is 4. The number of hydrogen-bond acceptors (Lipinski definition) is 6. The molecule has 0 atom stereocenters. The summed E-state index contributed by atoms with van der Waals surface area (Å²) in [4.78, 5) is 28.3. The predicted molar refractivity (Wildman–Crippen MR) is 112 cm³/mol. The lowest BCUT2D eigenvalue weighted by molar-refractivity contribution is -0.122. The van der Waals surface area contributed by atoms with E-state index in [4.69, 9.17) is 0 Å². The van der Waals surface area contributed by atoms with Crippen LogP contribution in [-0.2, 0) is 4.79 Å². The van der Waals surface area contributed by atoms with Gasteiger partial charge in [0, 0.05) is 29.9 Å².